The fourth-order valence-corrected chi connectivity index (χ4v) is 4.04. The Bertz CT molecular complexity index is 1420. The van der Waals surface area contributed by atoms with E-state index >= 15 is 0 Å². The zero-order valence-corrected chi connectivity index (χ0v) is 18.5. The van der Waals surface area contributed by atoms with Gasteiger partial charge in [0.05, 0.1) is 24.1 Å². The second kappa shape index (κ2) is 7.96. The minimum atomic E-state index is -4.86. The quantitative estimate of drug-likeness (QED) is 0.331. The summed E-state index contributed by atoms with van der Waals surface area (Å²) >= 11 is 0. The monoisotopic (exact) mass is 479 g/mol. The maximum Gasteiger partial charge on any atom is 0.419 e. The van der Waals surface area contributed by atoms with E-state index in [1.807, 2.05) is 0 Å². The number of nitrogens with zero attached hydrogens (tertiary/aromatic N) is 3. The highest BCUT2D eigenvalue weighted by Gasteiger charge is 2.51. The maximum atomic E-state index is 14.7. The lowest BCUT2D eigenvalue weighted by Gasteiger charge is -2.21. The van der Waals surface area contributed by atoms with Crippen molar-refractivity contribution < 1.29 is 22.3 Å². The van der Waals surface area contributed by atoms with E-state index in [2.05, 4.69) is 10.4 Å². The van der Waals surface area contributed by atoms with Crippen molar-refractivity contribution in [3.63, 3.8) is 0 Å². The number of pyridine rings is 1. The number of aromatic nitrogens is 3. The van der Waals surface area contributed by atoms with Crippen LogP contribution in [0.4, 0.5) is 23.4 Å². The molecule has 1 saturated carbocycles. The van der Waals surface area contributed by atoms with Gasteiger partial charge in [0.1, 0.15) is 11.4 Å². The Hall–Kier alpha value is -3.70. The molecule has 3 aromatic rings. The highest BCUT2D eigenvalue weighted by atomic mass is 19.4. The number of nitrogens with one attached hydrogen (secondary N) is 2. The van der Waals surface area contributed by atoms with Gasteiger partial charge in [-0.2, -0.15) is 18.3 Å². The first-order valence-electron chi connectivity index (χ1n) is 10.3. The molecule has 0 unspecified atom stereocenters. The van der Waals surface area contributed by atoms with Gasteiger partial charge in [-0.05, 0) is 25.8 Å². The van der Waals surface area contributed by atoms with Crippen LogP contribution in [0.2, 0.25) is 0 Å². The van der Waals surface area contributed by atoms with Gasteiger partial charge in [-0.15, -0.1) is 0 Å². The maximum absolute atomic E-state index is 14.7. The van der Waals surface area contributed by atoms with E-state index in [1.54, 1.807) is 0 Å². The van der Waals surface area contributed by atoms with E-state index in [0.29, 0.717) is 18.9 Å². The van der Waals surface area contributed by atoms with Crippen LogP contribution in [0.15, 0.2) is 40.1 Å². The van der Waals surface area contributed by atoms with Crippen LogP contribution in [-0.4, -0.2) is 27.4 Å². The molecule has 8 nitrogen and oxygen atoms in total. The van der Waals surface area contributed by atoms with Crippen molar-refractivity contribution in [1.82, 2.24) is 14.3 Å². The molecule has 12 heteroatoms. The third-order valence-corrected chi connectivity index (χ3v) is 6.05. The van der Waals surface area contributed by atoms with Crippen LogP contribution < -0.4 is 16.4 Å². The molecule has 1 aromatic carbocycles. The number of fused-ring (bicyclic) bond motifs is 1. The van der Waals surface area contributed by atoms with Crippen LogP contribution in [0.25, 0.3) is 10.8 Å². The molecule has 0 aliphatic heterocycles. The molecular weight excluding hydrogens is 458 g/mol. The summed E-state index contributed by atoms with van der Waals surface area (Å²) in [5.74, 6) is -1.46. The molecule has 180 valence electrons. The van der Waals surface area contributed by atoms with Crippen LogP contribution in [0.5, 0.6) is 0 Å². The number of benzene rings is 1. The van der Waals surface area contributed by atoms with E-state index in [9.17, 15) is 27.2 Å². The highest BCUT2D eigenvalue weighted by Crippen LogP contribution is 2.44. The lowest BCUT2D eigenvalue weighted by atomic mass is 10.0. The molecule has 0 amide bonds. The van der Waals surface area contributed by atoms with Crippen molar-refractivity contribution in [3.8, 4) is 0 Å². The SMILES string of the molecule is COC(=N)C1(n2cc3c(N[C@H](C)c4cccc(C(F)(F)F)c4F)nn(C)c(=O)c3cc2=O)CC1. The molecule has 2 N–H and O–H groups in total. The highest BCUT2D eigenvalue weighted by molar-refractivity contribution is 5.91. The van der Waals surface area contributed by atoms with Crippen molar-refractivity contribution in [3.05, 3.63) is 68.1 Å². The van der Waals surface area contributed by atoms with E-state index in [1.165, 1.54) is 37.9 Å². The van der Waals surface area contributed by atoms with Crippen LogP contribution in [0.3, 0.4) is 0 Å². The topological polar surface area (TPSA) is 102 Å². The molecule has 34 heavy (non-hydrogen) atoms. The summed E-state index contributed by atoms with van der Waals surface area (Å²) in [5.41, 5.74) is -3.68. The smallest absolute Gasteiger partial charge is 0.419 e. The van der Waals surface area contributed by atoms with Gasteiger partial charge in [-0.1, -0.05) is 12.1 Å². The molecule has 1 aliphatic rings. The van der Waals surface area contributed by atoms with E-state index in [-0.39, 0.29) is 28.1 Å². The molecule has 1 aliphatic carbocycles. The molecule has 0 bridgehead atoms. The van der Waals surface area contributed by atoms with Gasteiger partial charge in [0, 0.05) is 30.3 Å². The Labute approximate surface area is 190 Å². The second-order valence-corrected chi connectivity index (χ2v) is 8.22. The van der Waals surface area contributed by atoms with Crippen LogP contribution >= 0.6 is 0 Å². The number of alkyl halides is 3. The van der Waals surface area contributed by atoms with Gasteiger partial charge in [-0.25, -0.2) is 9.07 Å². The number of ether oxygens (including phenoxy) is 1. The molecule has 2 aromatic heterocycles. The van der Waals surface area contributed by atoms with Gasteiger partial charge in [0.2, 0.25) is 5.90 Å². The van der Waals surface area contributed by atoms with Gasteiger partial charge < -0.3 is 10.1 Å². The average Bonchev–Trinajstić information content (AvgIpc) is 3.57. The van der Waals surface area contributed by atoms with Gasteiger partial charge in [0.15, 0.2) is 5.82 Å². The Morgan fingerprint density at radius 1 is 1.26 bits per heavy atom. The summed E-state index contributed by atoms with van der Waals surface area (Å²) in [4.78, 5) is 25.4. The third-order valence-electron chi connectivity index (χ3n) is 6.05. The van der Waals surface area contributed by atoms with Gasteiger partial charge >= 0.3 is 6.18 Å². The number of rotatable bonds is 5. The number of hydrogen-bond donors (Lipinski definition) is 2. The number of aryl methyl sites for hydroxylation is 1. The van der Waals surface area contributed by atoms with Gasteiger partial charge in [-0.3, -0.25) is 19.6 Å². The van der Waals surface area contributed by atoms with E-state index < -0.39 is 40.3 Å². The molecule has 2 heterocycles. The minimum absolute atomic E-state index is 0.0257. The largest absolute Gasteiger partial charge is 0.483 e. The van der Waals surface area contributed by atoms with Gasteiger partial charge in [0.25, 0.3) is 11.1 Å². The molecule has 0 radical (unpaired) electrons. The van der Waals surface area contributed by atoms with Crippen molar-refractivity contribution in [2.75, 3.05) is 12.4 Å². The summed E-state index contributed by atoms with van der Waals surface area (Å²) < 4.78 is 61.4. The van der Waals surface area contributed by atoms with Crippen molar-refractivity contribution in [2.45, 2.75) is 37.5 Å². The minimum Gasteiger partial charge on any atom is -0.483 e. The molecule has 1 fully saturated rings. The Morgan fingerprint density at radius 3 is 2.53 bits per heavy atom. The van der Waals surface area contributed by atoms with Crippen molar-refractivity contribution in [2.24, 2.45) is 7.05 Å². The lowest BCUT2D eigenvalue weighted by Crippen LogP contribution is -2.37. The normalized spacial score (nSPS) is 15.7. The summed E-state index contributed by atoms with van der Waals surface area (Å²) in [6.45, 7) is 1.45. The number of halogens is 4. The Balaban J connectivity index is 1.85. The molecule has 0 spiro atoms. The number of methoxy groups -OCH3 is 1. The number of hydrogen-bond acceptors (Lipinski definition) is 6. The average molecular weight is 479 g/mol. The summed E-state index contributed by atoms with van der Waals surface area (Å²) in [6.07, 6.45) is -2.51. The van der Waals surface area contributed by atoms with Crippen LogP contribution in [-0.2, 0) is 23.5 Å². The first kappa shape index (κ1) is 23.5. The van der Waals surface area contributed by atoms with Crippen LogP contribution in [0, 0.1) is 11.2 Å². The Morgan fingerprint density at radius 2 is 1.94 bits per heavy atom. The van der Waals surface area contributed by atoms with Crippen LogP contribution in [0.1, 0.15) is 36.9 Å². The summed E-state index contributed by atoms with van der Waals surface area (Å²) in [5, 5.41) is 15.3. The second-order valence-electron chi connectivity index (χ2n) is 8.22. The summed E-state index contributed by atoms with van der Waals surface area (Å²) in [6, 6.07) is 3.15. The van der Waals surface area contributed by atoms with E-state index in [0.717, 1.165) is 16.8 Å². The molecule has 0 saturated heterocycles. The fraction of sp³-hybridized carbons (Fsp3) is 0.364. The zero-order chi connectivity index (χ0) is 25.0. The molecule has 4 rings (SSSR count). The predicted octanol–water partition coefficient (Wildman–Crippen LogP) is 3.54. The molecule has 1 atom stereocenters. The predicted molar refractivity (Wildman–Crippen MR) is 117 cm³/mol. The fourth-order valence-electron chi connectivity index (χ4n) is 4.04. The lowest BCUT2D eigenvalue weighted by molar-refractivity contribution is -0.140. The Kier molecular flexibility index (Phi) is 5.49. The number of anilines is 1. The van der Waals surface area contributed by atoms with Crippen molar-refractivity contribution >= 4 is 22.5 Å². The zero-order valence-electron chi connectivity index (χ0n) is 18.5. The standard InChI is InChI=1S/C22H21F4N5O3/c1-11(12-5-4-6-15(17(12)23)22(24,25)26)28-18-14-10-31(21(7-8-21)20(27)34-3)16(32)9-13(14)19(33)30(2)29-18/h4-6,9-11,27H,7-8H2,1-3H3,(H,28,29)/t11-/m1/s1. The summed E-state index contributed by atoms with van der Waals surface area (Å²) in [7, 11) is 2.68. The first-order valence-corrected chi connectivity index (χ1v) is 10.3. The first-order chi connectivity index (χ1) is 15.9. The van der Waals surface area contributed by atoms with E-state index in [4.69, 9.17) is 10.1 Å². The van der Waals surface area contributed by atoms with Crippen molar-refractivity contribution in [1.29, 1.82) is 5.41 Å². The third kappa shape index (κ3) is 3.72. The molecular formula is C22H21F4N5O3.